The van der Waals surface area contributed by atoms with Crippen LogP contribution in [0.5, 0.6) is 0 Å². The third-order valence-corrected chi connectivity index (χ3v) is 7.70. The fraction of sp³-hybridized carbons (Fsp3) is 0.565. The molecule has 0 amide bonds. The molecule has 1 unspecified atom stereocenters. The summed E-state index contributed by atoms with van der Waals surface area (Å²) in [6, 6.07) is 0. The van der Waals surface area contributed by atoms with Crippen LogP contribution in [0.15, 0.2) is 21.8 Å². The van der Waals surface area contributed by atoms with Gasteiger partial charge in [0.05, 0.1) is 12.0 Å². The maximum absolute atomic E-state index is 13.7. The average Bonchev–Trinajstić information content (AvgIpc) is 3.27. The number of rotatable bonds is 3. The van der Waals surface area contributed by atoms with Gasteiger partial charge in [0.15, 0.2) is 5.76 Å². The number of furan rings is 1. The number of esters is 2. The van der Waals surface area contributed by atoms with E-state index in [1.807, 2.05) is 13.8 Å². The smallest absolute Gasteiger partial charge is 0.342 e. The lowest BCUT2D eigenvalue weighted by atomic mass is 9.54. The molecule has 5 rings (SSSR count). The first-order chi connectivity index (χ1) is 14.6. The average molecular weight is 428 g/mol. The zero-order chi connectivity index (χ0) is 22.3. The number of fused-ring (bicyclic) bond motifs is 3. The van der Waals surface area contributed by atoms with E-state index < -0.39 is 35.0 Å². The van der Waals surface area contributed by atoms with Gasteiger partial charge in [-0.25, -0.2) is 4.79 Å². The monoisotopic (exact) mass is 428 g/mol. The van der Waals surface area contributed by atoms with Gasteiger partial charge in [0.2, 0.25) is 5.78 Å². The van der Waals surface area contributed by atoms with Crippen LogP contribution in [0.4, 0.5) is 0 Å². The molecule has 0 N–H and O–H groups in total. The Bertz CT molecular complexity index is 1080. The number of cyclic esters (lactones) is 1. The third-order valence-electron chi connectivity index (χ3n) is 7.70. The topological polar surface area (TPSA) is 109 Å². The first-order valence-corrected chi connectivity index (χ1v) is 10.5. The van der Waals surface area contributed by atoms with E-state index in [0.717, 1.165) is 0 Å². The van der Waals surface area contributed by atoms with Crippen molar-refractivity contribution < 1.29 is 37.8 Å². The summed E-state index contributed by atoms with van der Waals surface area (Å²) in [5.74, 6) is -1.58. The number of allylic oxidation sites excluding steroid dienone is 1. The molecule has 31 heavy (non-hydrogen) atoms. The Morgan fingerprint density at radius 3 is 2.68 bits per heavy atom. The Hall–Kier alpha value is -2.74. The van der Waals surface area contributed by atoms with E-state index in [1.54, 1.807) is 0 Å². The van der Waals surface area contributed by atoms with Crippen molar-refractivity contribution >= 4 is 23.5 Å². The largest absolute Gasteiger partial charge is 0.460 e. The predicted octanol–water partition coefficient (Wildman–Crippen LogP) is 2.54. The fourth-order valence-electron chi connectivity index (χ4n) is 6.28. The molecule has 0 spiro atoms. The van der Waals surface area contributed by atoms with Gasteiger partial charge < -0.3 is 18.6 Å². The minimum absolute atomic E-state index is 0.0635. The van der Waals surface area contributed by atoms with Gasteiger partial charge in [0.1, 0.15) is 29.8 Å². The molecule has 0 saturated heterocycles. The second-order valence-corrected chi connectivity index (χ2v) is 9.30. The third kappa shape index (κ3) is 2.39. The first kappa shape index (κ1) is 20.2. The molecule has 3 aliphatic carbocycles. The Labute approximate surface area is 178 Å². The van der Waals surface area contributed by atoms with Crippen molar-refractivity contribution in [1.82, 2.24) is 0 Å². The molecule has 0 bridgehead atoms. The zero-order valence-electron chi connectivity index (χ0n) is 17.9. The van der Waals surface area contributed by atoms with E-state index in [1.165, 1.54) is 20.3 Å². The number of carbonyl (C=O) groups excluding carboxylic acids is 4. The quantitative estimate of drug-likeness (QED) is 0.676. The van der Waals surface area contributed by atoms with Crippen molar-refractivity contribution in [1.29, 1.82) is 0 Å². The summed E-state index contributed by atoms with van der Waals surface area (Å²) in [5.41, 5.74) is -0.0741. The number of ketones is 2. The summed E-state index contributed by atoms with van der Waals surface area (Å²) >= 11 is 0. The number of methoxy groups -OCH3 is 1. The van der Waals surface area contributed by atoms with E-state index in [2.05, 4.69) is 0 Å². The predicted molar refractivity (Wildman–Crippen MR) is 105 cm³/mol. The molecule has 1 fully saturated rings. The van der Waals surface area contributed by atoms with Gasteiger partial charge in [-0.15, -0.1) is 0 Å². The van der Waals surface area contributed by atoms with Crippen LogP contribution in [0.25, 0.3) is 0 Å². The molecule has 164 valence electrons. The van der Waals surface area contributed by atoms with Crippen molar-refractivity contribution in [2.75, 3.05) is 13.7 Å². The molecular weight excluding hydrogens is 404 g/mol. The van der Waals surface area contributed by atoms with Crippen LogP contribution in [0.1, 0.15) is 66.5 Å². The van der Waals surface area contributed by atoms with Crippen LogP contribution in [0.2, 0.25) is 0 Å². The maximum Gasteiger partial charge on any atom is 0.342 e. The minimum atomic E-state index is -0.988. The van der Waals surface area contributed by atoms with Crippen molar-refractivity contribution in [3.05, 3.63) is 34.3 Å². The minimum Gasteiger partial charge on any atom is -0.460 e. The summed E-state index contributed by atoms with van der Waals surface area (Å²) in [4.78, 5) is 51.2. The molecule has 5 atom stereocenters. The van der Waals surface area contributed by atoms with Crippen LogP contribution in [0.3, 0.4) is 0 Å². The van der Waals surface area contributed by atoms with Crippen LogP contribution >= 0.6 is 0 Å². The first-order valence-electron chi connectivity index (χ1n) is 10.5. The van der Waals surface area contributed by atoms with Crippen molar-refractivity contribution in [2.24, 2.45) is 11.3 Å². The van der Waals surface area contributed by atoms with Crippen molar-refractivity contribution in [3.63, 3.8) is 0 Å². The standard InChI is InChI=1S/C23H24O8/c1-10(24)30-13-7-22(2)12(5-6-14(22)25)16-18(13)23(3)15(9-28-4)31-21(27)11-8-29-20(17(11)23)19(16)26/h8,12-13,15H,5-7,9H2,1-4H3/t12?,13-,15-,22-,23-/m0/s1. The van der Waals surface area contributed by atoms with E-state index >= 15 is 0 Å². The summed E-state index contributed by atoms with van der Waals surface area (Å²) in [6.45, 7) is 5.11. The van der Waals surface area contributed by atoms with Gasteiger partial charge in [0, 0.05) is 49.3 Å². The van der Waals surface area contributed by atoms with Crippen LogP contribution in [-0.2, 0) is 29.2 Å². The van der Waals surface area contributed by atoms with Crippen molar-refractivity contribution in [2.45, 2.75) is 57.7 Å². The van der Waals surface area contributed by atoms with Gasteiger partial charge in [-0.05, 0) is 18.9 Å². The van der Waals surface area contributed by atoms with Gasteiger partial charge >= 0.3 is 11.9 Å². The van der Waals surface area contributed by atoms with Gasteiger partial charge in [-0.3, -0.25) is 14.4 Å². The van der Waals surface area contributed by atoms with Crippen LogP contribution in [-0.4, -0.2) is 49.4 Å². The highest BCUT2D eigenvalue weighted by Gasteiger charge is 2.64. The second kappa shape index (κ2) is 6.38. The SMILES string of the molecule is COC[C@@H]1OC(=O)c2coc3c2[C@@]1(C)C1=C(C3=O)C2CCC(=O)[C@@]2(C)C[C@@H]1OC(C)=O. The van der Waals surface area contributed by atoms with Crippen LogP contribution in [0, 0.1) is 11.3 Å². The molecule has 1 saturated carbocycles. The van der Waals surface area contributed by atoms with Gasteiger partial charge in [0.25, 0.3) is 0 Å². The normalized spacial score (nSPS) is 36.0. The Balaban J connectivity index is 1.82. The second-order valence-electron chi connectivity index (χ2n) is 9.30. The molecule has 1 aromatic rings. The number of carbonyl (C=O) groups is 4. The molecule has 8 nitrogen and oxygen atoms in total. The lowest BCUT2D eigenvalue weighted by molar-refractivity contribution is -0.149. The van der Waals surface area contributed by atoms with E-state index in [4.69, 9.17) is 18.6 Å². The number of hydrogen-bond acceptors (Lipinski definition) is 8. The fourth-order valence-corrected chi connectivity index (χ4v) is 6.28. The zero-order valence-corrected chi connectivity index (χ0v) is 17.9. The van der Waals surface area contributed by atoms with E-state index in [0.29, 0.717) is 29.6 Å². The number of Topliss-reactive ketones (excluding diaryl/α,β-unsaturated/α-hetero) is 2. The number of hydrogen-bond donors (Lipinski definition) is 0. The summed E-state index contributed by atoms with van der Waals surface area (Å²) < 4.78 is 22.4. The highest BCUT2D eigenvalue weighted by atomic mass is 16.6. The summed E-state index contributed by atoms with van der Waals surface area (Å²) in [6.07, 6.45) is 0.906. The highest BCUT2D eigenvalue weighted by Crippen LogP contribution is 2.61. The molecule has 2 heterocycles. The molecule has 1 aliphatic heterocycles. The molecule has 1 aromatic heterocycles. The Morgan fingerprint density at radius 1 is 1.26 bits per heavy atom. The van der Waals surface area contributed by atoms with Crippen LogP contribution < -0.4 is 0 Å². The van der Waals surface area contributed by atoms with Gasteiger partial charge in [-0.2, -0.15) is 0 Å². The molecule has 0 radical (unpaired) electrons. The van der Waals surface area contributed by atoms with E-state index in [9.17, 15) is 19.2 Å². The Kier molecular flexibility index (Phi) is 4.16. The van der Waals surface area contributed by atoms with E-state index in [-0.39, 0.29) is 41.8 Å². The molecule has 8 heteroatoms. The molecular formula is C23H24O8. The Morgan fingerprint density at radius 2 is 2.00 bits per heavy atom. The van der Waals surface area contributed by atoms with Crippen molar-refractivity contribution in [3.8, 4) is 0 Å². The number of ether oxygens (including phenoxy) is 3. The lowest BCUT2D eigenvalue weighted by Gasteiger charge is -2.51. The lowest BCUT2D eigenvalue weighted by Crippen LogP contribution is -2.57. The summed E-state index contributed by atoms with van der Waals surface area (Å²) in [5, 5.41) is 0. The summed E-state index contributed by atoms with van der Waals surface area (Å²) in [7, 11) is 1.50. The highest BCUT2D eigenvalue weighted by molar-refractivity contribution is 6.14. The molecule has 0 aromatic carbocycles. The molecule has 4 aliphatic rings. The maximum atomic E-state index is 13.7. The van der Waals surface area contributed by atoms with Gasteiger partial charge in [-0.1, -0.05) is 6.92 Å².